The third-order valence-corrected chi connectivity index (χ3v) is 6.00. The molecule has 0 aliphatic carbocycles. The number of aromatic nitrogens is 1. The number of hydrogen-bond acceptors (Lipinski definition) is 5. The van der Waals surface area contributed by atoms with Crippen LogP contribution >= 0.6 is 35.6 Å². The van der Waals surface area contributed by atoms with Gasteiger partial charge in [0.25, 0.3) is 0 Å². The summed E-state index contributed by atoms with van der Waals surface area (Å²) >= 11 is 6.39. The lowest BCUT2D eigenvalue weighted by atomic mass is 10.2. The van der Waals surface area contributed by atoms with Crippen molar-refractivity contribution < 1.29 is 4.74 Å². The summed E-state index contributed by atoms with van der Waals surface area (Å²) < 4.78 is 5.49. The molecule has 2 fully saturated rings. The van der Waals surface area contributed by atoms with E-state index in [1.54, 1.807) is 0 Å². The Bertz CT molecular complexity index is 884. The monoisotopic (exact) mass is 570 g/mol. The van der Waals surface area contributed by atoms with Crippen molar-refractivity contribution in [2.75, 3.05) is 68.8 Å². The van der Waals surface area contributed by atoms with Crippen LogP contribution in [0.5, 0.6) is 0 Å². The largest absolute Gasteiger partial charge is 0.378 e. The summed E-state index contributed by atoms with van der Waals surface area (Å²) in [6, 6.07) is 12.2. The molecule has 174 valence electrons. The van der Waals surface area contributed by atoms with Crippen molar-refractivity contribution in [1.29, 1.82) is 0 Å². The number of rotatable bonds is 5. The number of pyridine rings is 1. The van der Waals surface area contributed by atoms with E-state index in [4.69, 9.17) is 21.3 Å². The molecule has 1 aromatic carbocycles. The van der Waals surface area contributed by atoms with Crippen molar-refractivity contribution >= 4 is 53.0 Å². The van der Waals surface area contributed by atoms with Crippen molar-refractivity contribution in [2.45, 2.75) is 13.5 Å². The van der Waals surface area contributed by atoms with E-state index in [-0.39, 0.29) is 24.0 Å². The molecule has 1 N–H and O–H groups in total. The first-order valence-electron chi connectivity index (χ1n) is 11.1. The highest BCUT2D eigenvalue weighted by atomic mass is 127. The molecule has 0 unspecified atom stereocenters. The van der Waals surface area contributed by atoms with Crippen LogP contribution in [0.3, 0.4) is 0 Å². The van der Waals surface area contributed by atoms with E-state index in [0.29, 0.717) is 6.54 Å². The number of aliphatic imine (C=N–C) groups is 1. The first kappa shape index (κ1) is 24.9. The third kappa shape index (κ3) is 6.17. The second-order valence-corrected chi connectivity index (χ2v) is 8.09. The minimum Gasteiger partial charge on any atom is -0.378 e. The van der Waals surface area contributed by atoms with Gasteiger partial charge >= 0.3 is 0 Å². The van der Waals surface area contributed by atoms with Gasteiger partial charge in [0.15, 0.2) is 5.96 Å². The number of halogens is 2. The molecule has 2 aromatic rings. The normalized spacial score (nSPS) is 17.2. The third-order valence-electron chi connectivity index (χ3n) is 5.68. The van der Waals surface area contributed by atoms with Crippen LogP contribution in [0.2, 0.25) is 5.02 Å². The smallest absolute Gasteiger partial charge is 0.194 e. The number of ether oxygens (including phenoxy) is 1. The summed E-state index contributed by atoms with van der Waals surface area (Å²) in [4.78, 5) is 16.6. The summed E-state index contributed by atoms with van der Waals surface area (Å²) in [6.07, 6.45) is 1.86. The molecule has 0 atom stereocenters. The van der Waals surface area contributed by atoms with Crippen LogP contribution in [0.4, 0.5) is 11.5 Å². The van der Waals surface area contributed by atoms with Gasteiger partial charge in [-0.2, -0.15) is 0 Å². The molecular formula is C23H32ClIN6O. The van der Waals surface area contributed by atoms with Crippen LogP contribution in [-0.4, -0.2) is 74.9 Å². The minimum atomic E-state index is 0. The van der Waals surface area contributed by atoms with E-state index >= 15 is 0 Å². The SMILES string of the molecule is CCNC(=NCc1cccnc1N1CCOCC1)N1CCN(c2ccccc2Cl)CC1.I. The number of hydrogen-bond donors (Lipinski definition) is 1. The lowest BCUT2D eigenvalue weighted by Crippen LogP contribution is -2.52. The van der Waals surface area contributed by atoms with Crippen molar-refractivity contribution in [1.82, 2.24) is 15.2 Å². The predicted octanol–water partition coefficient (Wildman–Crippen LogP) is 3.48. The Balaban J connectivity index is 0.00000289. The van der Waals surface area contributed by atoms with Crippen molar-refractivity contribution in [2.24, 2.45) is 4.99 Å². The van der Waals surface area contributed by atoms with Crippen LogP contribution < -0.4 is 15.1 Å². The molecule has 0 spiro atoms. The second kappa shape index (κ2) is 12.5. The molecule has 0 radical (unpaired) electrons. The summed E-state index contributed by atoms with van der Waals surface area (Å²) in [5.41, 5.74) is 2.26. The average Bonchev–Trinajstić information content (AvgIpc) is 2.83. The maximum absolute atomic E-state index is 6.39. The zero-order chi connectivity index (χ0) is 21.5. The molecule has 2 saturated heterocycles. The molecule has 0 bridgehead atoms. The van der Waals surface area contributed by atoms with Gasteiger partial charge in [-0.1, -0.05) is 29.8 Å². The molecule has 32 heavy (non-hydrogen) atoms. The maximum atomic E-state index is 6.39. The number of anilines is 2. The Hall–Kier alpha value is -1.78. The Labute approximate surface area is 212 Å². The van der Waals surface area contributed by atoms with E-state index in [1.165, 1.54) is 0 Å². The molecule has 0 saturated carbocycles. The van der Waals surface area contributed by atoms with Crippen LogP contribution in [0.15, 0.2) is 47.6 Å². The van der Waals surface area contributed by atoms with Crippen LogP contribution in [0, 0.1) is 0 Å². The van der Waals surface area contributed by atoms with Gasteiger partial charge in [0.1, 0.15) is 5.82 Å². The van der Waals surface area contributed by atoms with Gasteiger partial charge in [-0.25, -0.2) is 9.98 Å². The molecule has 2 aliphatic heterocycles. The van der Waals surface area contributed by atoms with Crippen LogP contribution in [0.1, 0.15) is 12.5 Å². The minimum absolute atomic E-state index is 0. The Morgan fingerprint density at radius 3 is 2.50 bits per heavy atom. The number of guanidine groups is 1. The number of morpholine rings is 1. The van der Waals surface area contributed by atoms with Gasteiger partial charge in [0.05, 0.1) is 30.5 Å². The Morgan fingerprint density at radius 1 is 1.03 bits per heavy atom. The molecular weight excluding hydrogens is 539 g/mol. The zero-order valence-electron chi connectivity index (χ0n) is 18.5. The fourth-order valence-corrected chi connectivity index (χ4v) is 4.32. The number of benzene rings is 1. The topological polar surface area (TPSA) is 56.2 Å². The lowest BCUT2D eigenvalue weighted by Gasteiger charge is -2.38. The van der Waals surface area contributed by atoms with E-state index in [1.807, 2.05) is 30.5 Å². The molecule has 7 nitrogen and oxygen atoms in total. The van der Waals surface area contributed by atoms with Gasteiger partial charge in [0, 0.05) is 57.6 Å². The quantitative estimate of drug-likeness (QED) is 0.338. The van der Waals surface area contributed by atoms with Crippen molar-refractivity contribution in [3.05, 3.63) is 53.2 Å². The second-order valence-electron chi connectivity index (χ2n) is 7.68. The van der Waals surface area contributed by atoms with Crippen molar-refractivity contribution in [3.63, 3.8) is 0 Å². The zero-order valence-corrected chi connectivity index (χ0v) is 21.6. The van der Waals surface area contributed by atoms with Gasteiger partial charge in [-0.05, 0) is 25.1 Å². The number of para-hydroxylation sites is 1. The average molecular weight is 571 g/mol. The van der Waals surface area contributed by atoms with Gasteiger partial charge in [-0.3, -0.25) is 0 Å². The van der Waals surface area contributed by atoms with E-state index in [9.17, 15) is 0 Å². The first-order valence-corrected chi connectivity index (χ1v) is 11.4. The molecule has 1 aromatic heterocycles. The maximum Gasteiger partial charge on any atom is 0.194 e. The highest BCUT2D eigenvalue weighted by molar-refractivity contribution is 14.0. The Kier molecular flexibility index (Phi) is 9.68. The highest BCUT2D eigenvalue weighted by Gasteiger charge is 2.21. The summed E-state index contributed by atoms with van der Waals surface area (Å²) in [5, 5.41) is 4.27. The molecule has 2 aliphatic rings. The van der Waals surface area contributed by atoms with Crippen LogP contribution in [0.25, 0.3) is 0 Å². The Morgan fingerprint density at radius 2 is 1.78 bits per heavy atom. The summed E-state index contributed by atoms with van der Waals surface area (Å²) in [5.74, 6) is 1.98. The fourth-order valence-electron chi connectivity index (χ4n) is 4.07. The van der Waals surface area contributed by atoms with Crippen molar-refractivity contribution in [3.8, 4) is 0 Å². The van der Waals surface area contributed by atoms with Gasteiger partial charge in [-0.15, -0.1) is 24.0 Å². The molecule has 9 heteroatoms. The number of nitrogens with zero attached hydrogens (tertiary/aromatic N) is 5. The predicted molar refractivity (Wildman–Crippen MR) is 143 cm³/mol. The van der Waals surface area contributed by atoms with E-state index in [0.717, 1.165) is 87.1 Å². The first-order chi connectivity index (χ1) is 15.3. The standard InChI is InChI=1S/C23H31ClN6O.HI/c1-2-25-23(30-12-10-28(11-13-30)21-8-4-3-7-20(21)24)27-18-19-6-5-9-26-22(19)29-14-16-31-17-15-29;/h3-9H,2,10-18H2,1H3,(H,25,27);1H. The number of piperazine rings is 1. The van der Waals surface area contributed by atoms with Crippen LogP contribution in [-0.2, 0) is 11.3 Å². The lowest BCUT2D eigenvalue weighted by molar-refractivity contribution is 0.122. The molecule has 3 heterocycles. The molecule has 4 rings (SSSR count). The summed E-state index contributed by atoms with van der Waals surface area (Å²) in [6.45, 7) is 10.4. The summed E-state index contributed by atoms with van der Waals surface area (Å²) in [7, 11) is 0. The molecule has 0 amide bonds. The van der Waals surface area contributed by atoms with E-state index < -0.39 is 0 Å². The highest BCUT2D eigenvalue weighted by Crippen LogP contribution is 2.26. The fraction of sp³-hybridized carbons (Fsp3) is 0.478. The van der Waals surface area contributed by atoms with Gasteiger partial charge in [0.2, 0.25) is 0 Å². The van der Waals surface area contributed by atoms with Gasteiger partial charge < -0.3 is 24.8 Å². The van der Waals surface area contributed by atoms with E-state index in [2.05, 4.69) is 44.1 Å². The number of nitrogens with one attached hydrogen (secondary N) is 1.